The van der Waals surface area contributed by atoms with E-state index < -0.39 is 0 Å². The number of methoxy groups -OCH3 is 2. The summed E-state index contributed by atoms with van der Waals surface area (Å²) in [4.78, 5) is 37.8. The fourth-order valence-electron chi connectivity index (χ4n) is 9.65. The minimum absolute atomic E-state index is 0.00526. The molecule has 10 rings (SSSR count). The molecule has 0 saturated carbocycles. The van der Waals surface area contributed by atoms with E-state index in [2.05, 4.69) is 25.4 Å². The van der Waals surface area contributed by atoms with Crippen LogP contribution in [0.3, 0.4) is 0 Å². The van der Waals surface area contributed by atoms with E-state index in [0.29, 0.717) is 115 Å². The van der Waals surface area contributed by atoms with Crippen molar-refractivity contribution in [1.82, 2.24) is 49.0 Å². The number of amides is 2. The van der Waals surface area contributed by atoms with Crippen LogP contribution >= 0.6 is 0 Å². The number of likely N-dealkylation sites (tertiary alicyclic amines) is 1. The van der Waals surface area contributed by atoms with Crippen molar-refractivity contribution in [3.8, 4) is 11.5 Å². The van der Waals surface area contributed by atoms with Gasteiger partial charge in [-0.1, -0.05) is 6.08 Å². The maximum atomic E-state index is 14.6. The molecule has 70 heavy (non-hydrogen) atoms. The van der Waals surface area contributed by atoms with Gasteiger partial charge in [0.1, 0.15) is 60.7 Å². The summed E-state index contributed by atoms with van der Waals surface area (Å²) in [7, 11) is 3.20. The largest absolute Gasteiger partial charge is 0.493 e. The molecule has 18 nitrogen and oxygen atoms in total. The van der Waals surface area contributed by atoms with Crippen molar-refractivity contribution in [1.29, 1.82) is 0 Å². The number of benzene rings is 2. The Morgan fingerprint density at radius 2 is 1.23 bits per heavy atom. The Morgan fingerprint density at radius 1 is 0.671 bits per heavy atom. The number of piperidine rings is 1. The van der Waals surface area contributed by atoms with Crippen LogP contribution in [0.2, 0.25) is 0 Å². The summed E-state index contributed by atoms with van der Waals surface area (Å²) in [6, 6.07) is 6.36. The van der Waals surface area contributed by atoms with Crippen LogP contribution in [0.1, 0.15) is 70.2 Å². The molecule has 4 aromatic heterocycles. The first-order valence-corrected chi connectivity index (χ1v) is 23.9. The van der Waals surface area contributed by atoms with Crippen molar-refractivity contribution in [2.45, 2.75) is 63.7 Å². The number of nitrogens with zero attached hydrogens (tertiary/aromatic N) is 10. The summed E-state index contributed by atoms with van der Waals surface area (Å²) in [5.74, 6) is 2.93. The Bertz CT molecular complexity index is 2830. The van der Waals surface area contributed by atoms with E-state index in [1.165, 1.54) is 12.1 Å². The maximum Gasteiger partial charge on any atom is 0.248 e. The van der Waals surface area contributed by atoms with Crippen LogP contribution in [0.25, 0.3) is 16.9 Å². The highest BCUT2D eigenvalue weighted by molar-refractivity contribution is 5.81. The van der Waals surface area contributed by atoms with Crippen LogP contribution in [-0.4, -0.2) is 154 Å². The molecule has 0 N–H and O–H groups in total. The number of fused-ring (bicyclic) bond motifs is 4. The molecule has 0 aliphatic carbocycles. The molecular formula is C50H58F2N10O8. The predicted molar refractivity (Wildman–Crippen MR) is 251 cm³/mol. The van der Waals surface area contributed by atoms with Gasteiger partial charge < -0.3 is 38.2 Å². The quantitative estimate of drug-likeness (QED) is 0.109. The Kier molecular flexibility index (Phi) is 15.9. The van der Waals surface area contributed by atoms with E-state index >= 15 is 0 Å². The summed E-state index contributed by atoms with van der Waals surface area (Å²) in [6.07, 6.45) is 15.0. The zero-order chi connectivity index (χ0) is 48.4. The molecule has 2 aromatic carbocycles. The van der Waals surface area contributed by atoms with Gasteiger partial charge in [-0.15, -0.1) is 20.4 Å². The van der Waals surface area contributed by atoms with Crippen LogP contribution < -0.4 is 9.47 Å². The Hall–Kier alpha value is -6.48. The topological polar surface area (TPSA) is 182 Å². The van der Waals surface area contributed by atoms with Crippen LogP contribution in [-0.2, 0) is 67.1 Å². The van der Waals surface area contributed by atoms with Crippen molar-refractivity contribution in [2.75, 3.05) is 93.3 Å². The molecule has 2 amide bonds. The fourth-order valence-corrected chi connectivity index (χ4v) is 9.65. The smallest absolute Gasteiger partial charge is 0.248 e. The number of ether oxygens (including phenoxy) is 6. The zero-order valence-corrected chi connectivity index (χ0v) is 39.6. The molecule has 4 aliphatic heterocycles. The fraction of sp³-hybridized carbons (Fsp3) is 0.480. The predicted octanol–water partition coefficient (Wildman–Crippen LogP) is 4.61. The Labute approximate surface area is 403 Å². The van der Waals surface area contributed by atoms with Crippen molar-refractivity contribution in [3.05, 3.63) is 112 Å². The monoisotopic (exact) mass is 964 g/mol. The first-order chi connectivity index (χ1) is 34.3. The van der Waals surface area contributed by atoms with Gasteiger partial charge in [0, 0.05) is 101 Å². The van der Waals surface area contributed by atoms with Gasteiger partial charge in [-0.2, -0.15) is 0 Å². The van der Waals surface area contributed by atoms with Crippen LogP contribution in [0.5, 0.6) is 11.5 Å². The SMILES string of the molecule is COCCOCC(=O)N1CC=C(c2cnc(CCc3c(F)ccc4c3CCO4)n3cnnc23)CC1.COCCOCC(=O)N1CCC(c2cnc(CCc3c(F)ccc4c3CCO4)n3cnnc23)CC1. The lowest BCUT2D eigenvalue weighted by molar-refractivity contribution is -0.137. The lowest BCUT2D eigenvalue weighted by Crippen LogP contribution is -2.40. The highest BCUT2D eigenvalue weighted by Crippen LogP contribution is 2.34. The highest BCUT2D eigenvalue weighted by Gasteiger charge is 2.28. The average Bonchev–Trinajstić information content (AvgIpc) is 4.25. The summed E-state index contributed by atoms with van der Waals surface area (Å²) in [6.45, 7) is 5.50. The number of carbonyl (C=O) groups is 2. The van der Waals surface area contributed by atoms with Gasteiger partial charge in [-0.3, -0.25) is 18.4 Å². The standard InChI is InChI=1S/C25H30FN5O4.C25H28FN5O4/c2*1-33-12-13-34-15-24(32)30-9-6-17(7-10-30)20-14-27-23(31-16-28-29-25(20)31)5-2-18-19-8-11-35-22(19)4-3-21(18)26/h3-4,14,16-17H,2,5-13,15H2,1H3;3-4,6,14,16H,2,5,7-13,15H2,1H3. The first-order valence-electron chi connectivity index (χ1n) is 23.9. The van der Waals surface area contributed by atoms with Gasteiger partial charge in [0.25, 0.3) is 0 Å². The lowest BCUT2D eigenvalue weighted by atomic mass is 9.90. The third-order valence-electron chi connectivity index (χ3n) is 13.4. The zero-order valence-electron chi connectivity index (χ0n) is 39.6. The summed E-state index contributed by atoms with van der Waals surface area (Å²) >= 11 is 0. The first kappa shape index (κ1) is 48.5. The number of hydrogen-bond acceptors (Lipinski definition) is 14. The van der Waals surface area contributed by atoms with Gasteiger partial charge in [0.05, 0.1) is 39.6 Å². The van der Waals surface area contributed by atoms with Gasteiger partial charge in [0.2, 0.25) is 11.8 Å². The van der Waals surface area contributed by atoms with Crippen molar-refractivity contribution < 1.29 is 46.8 Å². The third-order valence-corrected chi connectivity index (χ3v) is 13.4. The van der Waals surface area contributed by atoms with Crippen molar-refractivity contribution in [2.24, 2.45) is 0 Å². The van der Waals surface area contributed by atoms with E-state index in [9.17, 15) is 18.4 Å². The molecule has 370 valence electrons. The molecule has 6 aromatic rings. The molecule has 20 heteroatoms. The minimum atomic E-state index is -0.207. The molecule has 0 bridgehead atoms. The molecular weight excluding hydrogens is 907 g/mol. The number of hydrogen-bond donors (Lipinski definition) is 0. The van der Waals surface area contributed by atoms with E-state index in [1.807, 2.05) is 32.2 Å². The molecule has 1 fully saturated rings. The molecule has 0 unspecified atom stereocenters. The van der Waals surface area contributed by atoms with Gasteiger partial charge in [0.15, 0.2) is 11.3 Å². The average molecular weight is 965 g/mol. The van der Waals surface area contributed by atoms with Crippen molar-refractivity contribution >= 4 is 28.7 Å². The molecule has 8 heterocycles. The van der Waals surface area contributed by atoms with Gasteiger partial charge >= 0.3 is 0 Å². The lowest BCUT2D eigenvalue weighted by Gasteiger charge is -2.32. The number of aromatic nitrogens is 8. The maximum absolute atomic E-state index is 14.6. The van der Waals surface area contributed by atoms with E-state index in [4.69, 9.17) is 33.4 Å². The van der Waals surface area contributed by atoms with E-state index in [0.717, 1.165) is 82.3 Å². The Balaban J connectivity index is 0.000000174. The summed E-state index contributed by atoms with van der Waals surface area (Å²) in [5.41, 5.74) is 7.83. The second kappa shape index (κ2) is 23.0. The van der Waals surface area contributed by atoms with Crippen molar-refractivity contribution in [3.63, 3.8) is 0 Å². The van der Waals surface area contributed by atoms with Crippen LogP contribution in [0, 0.1) is 11.6 Å². The van der Waals surface area contributed by atoms with Gasteiger partial charge in [-0.05, 0) is 79.0 Å². The molecule has 0 spiro atoms. The molecule has 0 radical (unpaired) electrons. The molecule has 0 atom stereocenters. The molecule has 4 aliphatic rings. The highest BCUT2D eigenvalue weighted by atomic mass is 19.1. The minimum Gasteiger partial charge on any atom is -0.493 e. The summed E-state index contributed by atoms with van der Waals surface area (Å²) in [5, 5.41) is 16.9. The second-order valence-corrected chi connectivity index (χ2v) is 17.5. The Morgan fingerprint density at radius 3 is 1.80 bits per heavy atom. The molecule has 1 saturated heterocycles. The number of carbonyl (C=O) groups excluding carboxylic acids is 2. The van der Waals surface area contributed by atoms with Gasteiger partial charge in [-0.25, -0.2) is 18.7 Å². The number of halogens is 2. The van der Waals surface area contributed by atoms with E-state index in [1.54, 1.807) is 43.9 Å². The number of rotatable bonds is 18. The third kappa shape index (κ3) is 10.9. The van der Waals surface area contributed by atoms with Crippen LogP contribution in [0.15, 0.2) is 55.4 Å². The van der Waals surface area contributed by atoms with Crippen LogP contribution in [0.4, 0.5) is 8.78 Å². The summed E-state index contributed by atoms with van der Waals surface area (Å²) < 4.78 is 64.6. The number of aryl methyl sites for hydroxylation is 2. The van der Waals surface area contributed by atoms with E-state index in [-0.39, 0.29) is 42.6 Å². The second-order valence-electron chi connectivity index (χ2n) is 17.5. The normalized spacial score (nSPS) is 15.6.